The number of carbonyl (C=O) groups excluding carboxylic acids is 3. The van der Waals surface area contributed by atoms with Crippen molar-refractivity contribution < 1.29 is 28.6 Å². The molecule has 0 unspecified atom stereocenters. The van der Waals surface area contributed by atoms with E-state index in [1.54, 1.807) is 0 Å². The molecule has 26 heavy (non-hydrogen) atoms. The Kier molecular flexibility index (Phi) is 3.62. The van der Waals surface area contributed by atoms with E-state index in [-0.39, 0.29) is 12.4 Å². The third-order valence-electron chi connectivity index (χ3n) is 7.06. The van der Waals surface area contributed by atoms with Gasteiger partial charge in [0.25, 0.3) is 0 Å². The van der Waals surface area contributed by atoms with Gasteiger partial charge in [0.05, 0.1) is 21.3 Å². The second-order valence-corrected chi connectivity index (χ2v) is 7.86. The van der Waals surface area contributed by atoms with Gasteiger partial charge in [0.15, 0.2) is 5.41 Å². The lowest BCUT2D eigenvalue weighted by Crippen LogP contribution is -2.47. The van der Waals surface area contributed by atoms with Crippen LogP contribution >= 0.6 is 0 Å². The molecular formula is C20H24O6. The third kappa shape index (κ3) is 1.75. The van der Waals surface area contributed by atoms with Gasteiger partial charge in [-0.15, -0.1) is 0 Å². The number of hydrogen-bond acceptors (Lipinski definition) is 6. The molecule has 6 heteroatoms. The molecule has 4 rings (SSSR count). The van der Waals surface area contributed by atoms with Crippen LogP contribution in [0, 0.1) is 16.2 Å². The minimum atomic E-state index is -1.35. The number of esters is 3. The van der Waals surface area contributed by atoms with Gasteiger partial charge in [-0.05, 0) is 56.1 Å². The summed E-state index contributed by atoms with van der Waals surface area (Å²) in [5.74, 6) is -1.40. The maximum absolute atomic E-state index is 12.8. The summed E-state index contributed by atoms with van der Waals surface area (Å²) in [6, 6.07) is 0. The summed E-state index contributed by atoms with van der Waals surface area (Å²) < 4.78 is 15.1. The lowest BCUT2D eigenvalue weighted by molar-refractivity contribution is -0.173. The van der Waals surface area contributed by atoms with Crippen molar-refractivity contribution in [3.05, 3.63) is 22.8 Å². The van der Waals surface area contributed by atoms with E-state index in [0.717, 1.165) is 24.8 Å². The van der Waals surface area contributed by atoms with Crippen molar-refractivity contribution in [2.24, 2.45) is 16.2 Å². The Bertz CT molecular complexity index is 759. The first-order valence-corrected chi connectivity index (χ1v) is 9.12. The van der Waals surface area contributed by atoms with Crippen molar-refractivity contribution in [1.29, 1.82) is 0 Å². The number of ether oxygens (including phenoxy) is 3. The van der Waals surface area contributed by atoms with Gasteiger partial charge in [-0.2, -0.15) is 0 Å². The molecule has 2 saturated carbocycles. The SMILES string of the molecule is COC(=O)C1(C(=O)OC)CCC2=C3CCCC=C3[C@]3(C(=O)OC)C[C@]23C1. The van der Waals surface area contributed by atoms with Crippen LogP contribution in [0.15, 0.2) is 22.8 Å². The molecule has 0 saturated heterocycles. The first-order chi connectivity index (χ1) is 12.4. The smallest absolute Gasteiger partial charge is 0.323 e. The van der Waals surface area contributed by atoms with Gasteiger partial charge in [0.1, 0.15) is 5.41 Å². The largest absolute Gasteiger partial charge is 0.468 e. The molecule has 4 aliphatic rings. The van der Waals surface area contributed by atoms with Crippen LogP contribution in [0.3, 0.4) is 0 Å². The van der Waals surface area contributed by atoms with Crippen LogP contribution in [-0.4, -0.2) is 39.2 Å². The predicted octanol–water partition coefficient (Wildman–Crippen LogP) is 2.47. The normalized spacial score (nSPS) is 33.3. The zero-order valence-electron chi connectivity index (χ0n) is 15.5. The minimum Gasteiger partial charge on any atom is -0.468 e. The van der Waals surface area contributed by atoms with Gasteiger partial charge >= 0.3 is 17.9 Å². The van der Waals surface area contributed by atoms with Crippen molar-refractivity contribution in [2.75, 3.05) is 21.3 Å². The molecule has 2 atom stereocenters. The average molecular weight is 360 g/mol. The van der Waals surface area contributed by atoms with Gasteiger partial charge in [-0.25, -0.2) is 0 Å². The Balaban J connectivity index is 1.85. The van der Waals surface area contributed by atoms with E-state index in [9.17, 15) is 14.4 Å². The highest BCUT2D eigenvalue weighted by atomic mass is 16.5. The molecule has 0 aliphatic heterocycles. The van der Waals surface area contributed by atoms with E-state index >= 15 is 0 Å². The van der Waals surface area contributed by atoms with Crippen LogP contribution in [-0.2, 0) is 28.6 Å². The van der Waals surface area contributed by atoms with Crippen LogP contribution < -0.4 is 0 Å². The van der Waals surface area contributed by atoms with Gasteiger partial charge in [0, 0.05) is 5.41 Å². The van der Waals surface area contributed by atoms with Crippen LogP contribution in [0.1, 0.15) is 44.9 Å². The highest BCUT2D eigenvalue weighted by molar-refractivity contribution is 6.02. The minimum absolute atomic E-state index is 0.255. The first-order valence-electron chi connectivity index (χ1n) is 9.12. The molecule has 0 heterocycles. The molecule has 0 bridgehead atoms. The Morgan fingerprint density at radius 3 is 2.19 bits per heavy atom. The zero-order chi connectivity index (χ0) is 18.7. The maximum Gasteiger partial charge on any atom is 0.323 e. The topological polar surface area (TPSA) is 78.9 Å². The van der Waals surface area contributed by atoms with E-state index in [1.165, 1.54) is 32.5 Å². The quantitative estimate of drug-likeness (QED) is 0.437. The Morgan fingerprint density at radius 2 is 1.58 bits per heavy atom. The van der Waals surface area contributed by atoms with Crippen LogP contribution in [0.5, 0.6) is 0 Å². The molecule has 0 aromatic carbocycles. The molecule has 0 radical (unpaired) electrons. The highest BCUT2D eigenvalue weighted by Gasteiger charge is 2.82. The van der Waals surface area contributed by atoms with Crippen molar-refractivity contribution >= 4 is 17.9 Å². The maximum atomic E-state index is 12.8. The number of rotatable bonds is 3. The van der Waals surface area contributed by atoms with Gasteiger partial charge in [-0.1, -0.05) is 11.6 Å². The van der Waals surface area contributed by atoms with E-state index < -0.39 is 28.2 Å². The Hall–Kier alpha value is -2.11. The fourth-order valence-electron chi connectivity index (χ4n) is 5.97. The Labute approximate surface area is 152 Å². The average Bonchev–Trinajstić information content (AvgIpc) is 3.27. The predicted molar refractivity (Wildman–Crippen MR) is 90.8 cm³/mol. The summed E-state index contributed by atoms with van der Waals surface area (Å²) in [5, 5.41) is 0. The second kappa shape index (κ2) is 5.44. The number of hydrogen-bond donors (Lipinski definition) is 0. The summed E-state index contributed by atoms with van der Waals surface area (Å²) in [6.07, 6.45) is 6.94. The van der Waals surface area contributed by atoms with Crippen molar-refractivity contribution in [1.82, 2.24) is 0 Å². The lowest BCUT2D eigenvalue weighted by Gasteiger charge is -2.38. The zero-order valence-corrected chi connectivity index (χ0v) is 15.5. The number of carbonyl (C=O) groups is 3. The fraction of sp³-hybridized carbons (Fsp3) is 0.650. The second-order valence-electron chi connectivity index (χ2n) is 7.86. The molecular weight excluding hydrogens is 336 g/mol. The van der Waals surface area contributed by atoms with Gasteiger partial charge in [0.2, 0.25) is 0 Å². The molecule has 1 spiro atoms. The Morgan fingerprint density at radius 1 is 0.923 bits per heavy atom. The van der Waals surface area contributed by atoms with Crippen LogP contribution in [0.2, 0.25) is 0 Å². The summed E-state index contributed by atoms with van der Waals surface area (Å²) in [7, 11) is 3.98. The van der Waals surface area contributed by atoms with E-state index in [1.807, 2.05) is 0 Å². The van der Waals surface area contributed by atoms with Crippen molar-refractivity contribution in [2.45, 2.75) is 44.9 Å². The summed E-state index contributed by atoms with van der Waals surface area (Å²) in [4.78, 5) is 38.1. The standard InChI is InChI=1S/C20H24O6/c1-24-15(21)18(16(22)25-2)9-8-13-12-6-4-5-7-14(12)20(17(23)26-3)11-19(13,20)10-18/h7H,4-6,8-11H2,1-3H3/t19-,20+/m1/s1. The monoisotopic (exact) mass is 360 g/mol. The van der Waals surface area contributed by atoms with Crippen molar-refractivity contribution in [3.8, 4) is 0 Å². The van der Waals surface area contributed by atoms with E-state index in [2.05, 4.69) is 6.08 Å². The molecule has 0 amide bonds. The molecule has 140 valence electrons. The summed E-state index contributed by atoms with van der Waals surface area (Å²) in [5.41, 5.74) is 0.995. The highest BCUT2D eigenvalue weighted by Crippen LogP contribution is 2.83. The first kappa shape index (κ1) is 17.3. The van der Waals surface area contributed by atoms with Gasteiger partial charge in [-0.3, -0.25) is 14.4 Å². The number of fused-ring (bicyclic) bond motifs is 2. The molecule has 0 aromatic heterocycles. The van der Waals surface area contributed by atoms with Crippen molar-refractivity contribution in [3.63, 3.8) is 0 Å². The molecule has 4 aliphatic carbocycles. The van der Waals surface area contributed by atoms with E-state index in [0.29, 0.717) is 19.3 Å². The summed E-state index contributed by atoms with van der Waals surface area (Å²) in [6.45, 7) is 0. The van der Waals surface area contributed by atoms with Gasteiger partial charge < -0.3 is 14.2 Å². The molecule has 2 fully saturated rings. The van der Waals surface area contributed by atoms with Crippen LogP contribution in [0.4, 0.5) is 0 Å². The summed E-state index contributed by atoms with van der Waals surface area (Å²) >= 11 is 0. The van der Waals surface area contributed by atoms with E-state index in [4.69, 9.17) is 14.2 Å². The lowest BCUT2D eigenvalue weighted by atomic mass is 9.64. The number of methoxy groups -OCH3 is 3. The third-order valence-corrected chi connectivity index (χ3v) is 7.06. The molecule has 6 nitrogen and oxygen atoms in total. The molecule has 0 aromatic rings. The number of allylic oxidation sites excluding steroid dienone is 3. The fourth-order valence-corrected chi connectivity index (χ4v) is 5.97. The van der Waals surface area contributed by atoms with Crippen LogP contribution in [0.25, 0.3) is 0 Å². The molecule has 0 N–H and O–H groups in total.